The van der Waals surface area contributed by atoms with E-state index < -0.39 is 22.0 Å². The van der Waals surface area contributed by atoms with Gasteiger partial charge in [0.15, 0.2) is 0 Å². The van der Waals surface area contributed by atoms with E-state index in [9.17, 15) is 13.2 Å². The molecular formula is C24H33N3O6S. The van der Waals surface area contributed by atoms with Crippen molar-refractivity contribution in [3.05, 3.63) is 59.7 Å². The van der Waals surface area contributed by atoms with Crippen LogP contribution in [0.2, 0.25) is 0 Å². The highest BCUT2D eigenvalue weighted by Crippen LogP contribution is 2.23. The number of carbonyl (C=O) groups excluding carboxylic acids is 1. The van der Waals surface area contributed by atoms with Crippen molar-refractivity contribution in [2.45, 2.75) is 43.7 Å². The third-order valence-corrected chi connectivity index (χ3v) is 7.16. The van der Waals surface area contributed by atoms with Crippen LogP contribution in [-0.2, 0) is 31.6 Å². The summed E-state index contributed by atoms with van der Waals surface area (Å²) in [7, 11) is -3.86. The number of hydrogen-bond donors (Lipinski definition) is 3. The summed E-state index contributed by atoms with van der Waals surface area (Å²) in [6, 6.07) is 13.5. The summed E-state index contributed by atoms with van der Waals surface area (Å²) in [5.74, 6) is -0.131. The van der Waals surface area contributed by atoms with Gasteiger partial charge in [-0.15, -0.1) is 0 Å². The van der Waals surface area contributed by atoms with Crippen molar-refractivity contribution in [3.8, 4) is 5.75 Å². The number of carbonyl (C=O) groups is 1. The standard InChI is InChI=1S/C24H33N3O6S/c1-24(2,3)19-6-4-18(5-7-19)17-33-20-8-10-21(11-9-20)34(30,31)25-16-22(23(28)26-29)27-12-14-32-15-13-27/h4-11,22,25,29H,12-17H2,1-3H3,(H,26,28). The van der Waals surface area contributed by atoms with Gasteiger partial charge in [-0.2, -0.15) is 0 Å². The average molecular weight is 492 g/mol. The molecule has 186 valence electrons. The summed E-state index contributed by atoms with van der Waals surface area (Å²) < 4.78 is 39.0. The van der Waals surface area contributed by atoms with E-state index in [1.54, 1.807) is 22.5 Å². The molecule has 0 saturated carbocycles. The Balaban J connectivity index is 1.58. The number of hydrogen-bond acceptors (Lipinski definition) is 7. The Morgan fingerprint density at radius 2 is 1.71 bits per heavy atom. The molecule has 1 aliphatic heterocycles. The van der Waals surface area contributed by atoms with E-state index in [4.69, 9.17) is 14.7 Å². The van der Waals surface area contributed by atoms with Gasteiger partial charge in [0.1, 0.15) is 18.4 Å². The molecule has 9 nitrogen and oxygen atoms in total. The predicted octanol–water partition coefficient (Wildman–Crippen LogP) is 2.05. The molecule has 1 unspecified atom stereocenters. The number of amides is 1. The Kier molecular flexibility index (Phi) is 8.67. The summed E-state index contributed by atoms with van der Waals surface area (Å²) in [5.41, 5.74) is 3.95. The maximum atomic E-state index is 12.7. The Bertz CT molecular complexity index is 1040. The average Bonchev–Trinajstić information content (AvgIpc) is 2.83. The van der Waals surface area contributed by atoms with Gasteiger partial charge < -0.3 is 9.47 Å². The predicted molar refractivity (Wildman–Crippen MR) is 127 cm³/mol. The van der Waals surface area contributed by atoms with Crippen LogP contribution in [0.3, 0.4) is 0 Å². The Labute approximate surface area is 201 Å². The topological polar surface area (TPSA) is 117 Å². The van der Waals surface area contributed by atoms with E-state index in [1.807, 2.05) is 12.1 Å². The fourth-order valence-corrected chi connectivity index (χ4v) is 4.64. The molecule has 1 saturated heterocycles. The van der Waals surface area contributed by atoms with Crippen LogP contribution in [0.5, 0.6) is 5.75 Å². The van der Waals surface area contributed by atoms with Gasteiger partial charge in [0.05, 0.1) is 18.1 Å². The second kappa shape index (κ2) is 11.3. The lowest BCUT2D eigenvalue weighted by Gasteiger charge is -2.32. The van der Waals surface area contributed by atoms with E-state index >= 15 is 0 Å². The van der Waals surface area contributed by atoms with Gasteiger partial charge in [0, 0.05) is 19.6 Å². The smallest absolute Gasteiger partial charge is 0.262 e. The lowest BCUT2D eigenvalue weighted by Crippen LogP contribution is -2.55. The maximum Gasteiger partial charge on any atom is 0.262 e. The van der Waals surface area contributed by atoms with Gasteiger partial charge in [0.25, 0.3) is 5.91 Å². The van der Waals surface area contributed by atoms with E-state index in [0.29, 0.717) is 38.7 Å². The summed E-state index contributed by atoms with van der Waals surface area (Å²) in [5, 5.41) is 9.05. The minimum atomic E-state index is -3.86. The molecule has 1 amide bonds. The van der Waals surface area contributed by atoms with E-state index in [0.717, 1.165) is 5.56 Å². The largest absolute Gasteiger partial charge is 0.489 e. The monoisotopic (exact) mass is 491 g/mol. The fourth-order valence-electron chi connectivity index (χ4n) is 3.61. The third kappa shape index (κ3) is 7.00. The number of nitrogens with one attached hydrogen (secondary N) is 2. The molecule has 3 N–H and O–H groups in total. The van der Waals surface area contributed by atoms with Crippen molar-refractivity contribution in [1.29, 1.82) is 0 Å². The number of rotatable bonds is 9. The number of ether oxygens (including phenoxy) is 2. The number of nitrogens with zero attached hydrogens (tertiary/aromatic N) is 1. The van der Waals surface area contributed by atoms with Crippen LogP contribution in [0.1, 0.15) is 31.9 Å². The first-order valence-corrected chi connectivity index (χ1v) is 12.7. The Morgan fingerprint density at radius 1 is 1.09 bits per heavy atom. The number of hydroxylamine groups is 1. The second-order valence-electron chi connectivity index (χ2n) is 9.20. The summed E-state index contributed by atoms with van der Waals surface area (Å²) in [6.45, 7) is 8.46. The maximum absolute atomic E-state index is 12.7. The normalized spacial score (nSPS) is 16.1. The zero-order valence-electron chi connectivity index (χ0n) is 19.8. The second-order valence-corrected chi connectivity index (χ2v) is 11.0. The molecule has 10 heteroatoms. The molecule has 0 aliphatic carbocycles. The molecule has 0 spiro atoms. The van der Waals surface area contributed by atoms with Crippen LogP contribution in [0, 0.1) is 0 Å². The minimum absolute atomic E-state index is 0.0551. The van der Waals surface area contributed by atoms with E-state index in [-0.39, 0.29) is 16.9 Å². The quantitative estimate of drug-likeness (QED) is 0.363. The van der Waals surface area contributed by atoms with Crippen molar-refractivity contribution < 1.29 is 27.9 Å². The molecule has 2 aromatic rings. The molecular weight excluding hydrogens is 458 g/mol. The van der Waals surface area contributed by atoms with Crippen molar-refractivity contribution >= 4 is 15.9 Å². The molecule has 1 aliphatic rings. The fraction of sp³-hybridized carbons (Fsp3) is 0.458. The van der Waals surface area contributed by atoms with Crippen molar-refractivity contribution in [1.82, 2.24) is 15.1 Å². The molecule has 0 aromatic heterocycles. The van der Waals surface area contributed by atoms with Crippen LogP contribution in [0.25, 0.3) is 0 Å². The first-order chi connectivity index (χ1) is 16.1. The molecule has 0 bridgehead atoms. The van der Waals surface area contributed by atoms with E-state index in [1.165, 1.54) is 17.7 Å². The number of benzene rings is 2. The van der Waals surface area contributed by atoms with Crippen molar-refractivity contribution in [2.24, 2.45) is 0 Å². The van der Waals surface area contributed by atoms with Crippen LogP contribution in [0.4, 0.5) is 0 Å². The van der Waals surface area contributed by atoms with Gasteiger partial charge >= 0.3 is 0 Å². The highest BCUT2D eigenvalue weighted by Gasteiger charge is 2.29. The summed E-state index contributed by atoms with van der Waals surface area (Å²) in [6.07, 6.45) is 0. The van der Waals surface area contributed by atoms with Gasteiger partial charge in [-0.05, 0) is 40.8 Å². The van der Waals surface area contributed by atoms with Gasteiger partial charge in [-0.3, -0.25) is 14.9 Å². The minimum Gasteiger partial charge on any atom is -0.489 e. The zero-order chi connectivity index (χ0) is 24.8. The molecule has 0 radical (unpaired) electrons. The molecule has 1 fully saturated rings. The zero-order valence-corrected chi connectivity index (χ0v) is 20.6. The number of sulfonamides is 1. The molecule has 3 rings (SSSR count). The Morgan fingerprint density at radius 3 is 2.26 bits per heavy atom. The molecule has 2 aromatic carbocycles. The van der Waals surface area contributed by atoms with Crippen LogP contribution in [-0.4, -0.2) is 63.3 Å². The highest BCUT2D eigenvalue weighted by atomic mass is 32.2. The van der Waals surface area contributed by atoms with Gasteiger partial charge in [-0.25, -0.2) is 18.6 Å². The van der Waals surface area contributed by atoms with Gasteiger partial charge in [-0.1, -0.05) is 45.0 Å². The van der Waals surface area contributed by atoms with Crippen molar-refractivity contribution in [3.63, 3.8) is 0 Å². The molecule has 34 heavy (non-hydrogen) atoms. The van der Waals surface area contributed by atoms with Crippen molar-refractivity contribution in [2.75, 3.05) is 32.8 Å². The molecule has 1 atom stereocenters. The summed E-state index contributed by atoms with van der Waals surface area (Å²) in [4.78, 5) is 13.9. The van der Waals surface area contributed by atoms with E-state index in [2.05, 4.69) is 37.6 Å². The van der Waals surface area contributed by atoms with Crippen LogP contribution < -0.4 is 14.9 Å². The van der Waals surface area contributed by atoms with Gasteiger partial charge in [0.2, 0.25) is 10.0 Å². The van der Waals surface area contributed by atoms with Crippen LogP contribution in [0.15, 0.2) is 53.4 Å². The number of morpholine rings is 1. The summed E-state index contributed by atoms with van der Waals surface area (Å²) >= 11 is 0. The highest BCUT2D eigenvalue weighted by molar-refractivity contribution is 7.89. The van der Waals surface area contributed by atoms with Crippen LogP contribution >= 0.6 is 0 Å². The first kappa shape index (κ1) is 26.1. The first-order valence-electron chi connectivity index (χ1n) is 11.2. The Hall–Kier alpha value is -2.50. The third-order valence-electron chi connectivity index (χ3n) is 5.73. The lowest BCUT2D eigenvalue weighted by molar-refractivity contribution is -0.136. The SMILES string of the molecule is CC(C)(C)c1ccc(COc2ccc(S(=O)(=O)NCC(C(=O)NO)N3CCOCC3)cc2)cc1. The lowest BCUT2D eigenvalue weighted by atomic mass is 9.87. The molecule has 1 heterocycles.